The number of alkyl halides is 1. The molecule has 16 heteroatoms. The molecule has 7 atom stereocenters. The van der Waals surface area contributed by atoms with Gasteiger partial charge in [0.1, 0.15) is 41.0 Å². The lowest BCUT2D eigenvalue weighted by Crippen LogP contribution is -2.56. The number of sulfonamides is 1. The van der Waals surface area contributed by atoms with E-state index in [9.17, 15) is 32.0 Å². The number of pyridine rings is 1. The first kappa shape index (κ1) is 44.5. The van der Waals surface area contributed by atoms with Gasteiger partial charge in [0.15, 0.2) is 0 Å². The van der Waals surface area contributed by atoms with E-state index < -0.39 is 75.0 Å². The number of carbonyl (C=O) groups is 4. The van der Waals surface area contributed by atoms with Crippen molar-refractivity contribution in [3.05, 3.63) is 30.5 Å². The Morgan fingerprint density at radius 2 is 1.83 bits per heavy atom. The van der Waals surface area contributed by atoms with Crippen LogP contribution < -0.4 is 25.2 Å². The largest absolute Gasteiger partial charge is 0.494 e. The van der Waals surface area contributed by atoms with E-state index in [-0.39, 0.29) is 43.6 Å². The monoisotopic (exact) mass is 827 g/mol. The van der Waals surface area contributed by atoms with E-state index in [1.807, 2.05) is 31.2 Å². The second-order valence-electron chi connectivity index (χ2n) is 17.1. The van der Waals surface area contributed by atoms with Gasteiger partial charge in [-0.25, -0.2) is 22.6 Å². The normalized spacial score (nSPS) is 22.8. The summed E-state index contributed by atoms with van der Waals surface area (Å²) in [5.41, 5.74) is 5.02. The van der Waals surface area contributed by atoms with Crippen LogP contribution in [0.3, 0.4) is 0 Å². The lowest BCUT2D eigenvalue weighted by atomic mass is 9.87. The van der Waals surface area contributed by atoms with Crippen LogP contribution in [0.5, 0.6) is 11.6 Å². The highest BCUT2D eigenvalue weighted by atomic mass is 32.2. The molecule has 4 amide bonds. The molecule has 1 aromatic heterocycles. The van der Waals surface area contributed by atoms with Crippen LogP contribution in [-0.4, -0.2) is 91.0 Å². The Hall–Kier alpha value is -4.65. The average Bonchev–Trinajstić information content (AvgIpc) is 3.65. The van der Waals surface area contributed by atoms with E-state index in [4.69, 9.17) is 19.9 Å². The number of methoxy groups -OCH3 is 1. The van der Waals surface area contributed by atoms with Gasteiger partial charge in [0.25, 0.3) is 0 Å². The molecule has 1 aromatic carbocycles. The van der Waals surface area contributed by atoms with Crippen molar-refractivity contribution in [2.45, 2.75) is 127 Å². The van der Waals surface area contributed by atoms with Crippen molar-refractivity contribution < 1.29 is 46.2 Å². The first-order chi connectivity index (χ1) is 27.4. The number of halogens is 1. The predicted octanol–water partition coefficient (Wildman–Crippen LogP) is 5.17. The Morgan fingerprint density at radius 1 is 1.12 bits per heavy atom. The maximum atomic E-state index is 14.4. The van der Waals surface area contributed by atoms with Gasteiger partial charge in [0, 0.05) is 29.5 Å². The van der Waals surface area contributed by atoms with Gasteiger partial charge in [0.05, 0.1) is 25.8 Å². The zero-order chi connectivity index (χ0) is 42.4. The second kappa shape index (κ2) is 18.5. The van der Waals surface area contributed by atoms with Crippen molar-refractivity contribution >= 4 is 44.6 Å². The molecular formula is C42H58FN5O9S. The Kier molecular flexibility index (Phi) is 14.2. The van der Waals surface area contributed by atoms with Gasteiger partial charge in [-0.05, 0) is 83.6 Å². The van der Waals surface area contributed by atoms with Crippen molar-refractivity contribution in [1.82, 2.24) is 19.9 Å². The highest BCUT2D eigenvalue weighted by Crippen LogP contribution is 2.44. The molecule has 1 aliphatic heterocycles. The molecule has 0 spiro atoms. The molecule has 1 unspecified atom stereocenters. The van der Waals surface area contributed by atoms with Crippen LogP contribution in [0.25, 0.3) is 10.8 Å². The molecule has 2 aromatic rings. The molecule has 2 heterocycles. The number of nitrogens with one attached hydrogen (secondary N) is 2. The van der Waals surface area contributed by atoms with E-state index in [1.54, 1.807) is 34.1 Å². The smallest absolute Gasteiger partial charge is 0.408 e. The number of hydrogen-bond donors (Lipinski definition) is 3. The molecular weight excluding hydrogens is 770 g/mol. The average molecular weight is 828 g/mol. The minimum absolute atomic E-state index is 0.0413. The summed E-state index contributed by atoms with van der Waals surface area (Å²) in [7, 11) is -2.52. The summed E-state index contributed by atoms with van der Waals surface area (Å²) in [4.78, 5) is 59.0. The van der Waals surface area contributed by atoms with E-state index in [2.05, 4.69) is 33.8 Å². The number of alkyl carbamates (subject to hydrolysis) is 1. The van der Waals surface area contributed by atoms with Gasteiger partial charge in [-0.2, -0.15) is 0 Å². The van der Waals surface area contributed by atoms with Crippen LogP contribution in [0.2, 0.25) is 0 Å². The Balaban J connectivity index is 1.20. The van der Waals surface area contributed by atoms with Gasteiger partial charge in [0.2, 0.25) is 33.6 Å². The third-order valence-electron chi connectivity index (χ3n) is 11.4. The van der Waals surface area contributed by atoms with Crippen molar-refractivity contribution in [1.29, 1.82) is 0 Å². The summed E-state index contributed by atoms with van der Waals surface area (Å²) in [6.07, 6.45) is 5.30. The van der Waals surface area contributed by atoms with Crippen LogP contribution in [0.4, 0.5) is 9.18 Å². The highest BCUT2D eigenvalue weighted by molar-refractivity contribution is 7.91. The Labute approximate surface area is 340 Å². The van der Waals surface area contributed by atoms with Crippen molar-refractivity contribution in [2.24, 2.45) is 29.4 Å². The summed E-state index contributed by atoms with van der Waals surface area (Å²) in [5.74, 6) is 4.40. The molecule has 0 radical (unpaired) electrons. The fourth-order valence-corrected chi connectivity index (χ4v) is 9.44. The number of fused-ring (bicyclic) bond motifs is 1. The maximum Gasteiger partial charge on any atom is 0.408 e. The third kappa shape index (κ3) is 10.7. The van der Waals surface area contributed by atoms with E-state index >= 15 is 0 Å². The quantitative estimate of drug-likeness (QED) is 0.150. The minimum Gasteiger partial charge on any atom is -0.494 e. The molecule has 4 N–H and O–H groups in total. The van der Waals surface area contributed by atoms with Crippen molar-refractivity contribution in [3.8, 4) is 23.5 Å². The van der Waals surface area contributed by atoms with E-state index in [1.165, 1.54) is 4.90 Å². The lowest BCUT2D eigenvalue weighted by Gasteiger charge is -2.32. The number of carbonyl (C=O) groups excluding carboxylic acids is 4. The second-order valence-corrected chi connectivity index (χ2v) is 19.2. The number of ether oxygens (including phenoxy) is 3. The zero-order valence-corrected chi connectivity index (χ0v) is 35.2. The van der Waals surface area contributed by atoms with Gasteiger partial charge in [-0.15, -0.1) is 5.92 Å². The number of benzene rings is 1. The van der Waals surface area contributed by atoms with Crippen molar-refractivity contribution in [2.75, 3.05) is 20.3 Å². The van der Waals surface area contributed by atoms with Gasteiger partial charge in [-0.3, -0.25) is 19.1 Å². The molecule has 2 saturated carbocycles. The third-order valence-corrected chi connectivity index (χ3v) is 13.5. The van der Waals surface area contributed by atoms with Crippen LogP contribution >= 0.6 is 0 Å². The van der Waals surface area contributed by atoms with Gasteiger partial charge >= 0.3 is 6.09 Å². The van der Waals surface area contributed by atoms with E-state index in [0.29, 0.717) is 42.7 Å². The standard InChI is InChI=1S/C42H58FN5O9S/c1-26(13-8-7-9-14-28-15-12-18-30(28)37(50)47-58(53,54)42(25-43)19-20-42)21-27(2)35(46-40(52)57-41(3,4)5)39(51)48-24-29(22-33(48)36(44)49)56-38-32-17-11-10-16-31(32)34(55-6)23-45-38/h10-11,16-17,23,26-30,33,35H,7-8,12-13,15,18-22,24-25H2,1-6H3,(H2,44,49)(H,46,52)(H,47,50)/t26-,27-,28-,29-,30?,33+,35+/m1/s1. The number of nitrogens with two attached hydrogens (primary N) is 1. The van der Waals surface area contributed by atoms with Gasteiger partial charge in [-0.1, -0.05) is 44.4 Å². The number of hydrogen-bond acceptors (Lipinski definition) is 10. The first-order valence-corrected chi connectivity index (χ1v) is 21.6. The summed E-state index contributed by atoms with van der Waals surface area (Å²) < 4.78 is 56.5. The Bertz CT molecular complexity index is 2010. The number of rotatable bonds is 16. The fraction of sp³-hybridized carbons (Fsp3) is 0.643. The number of amides is 4. The number of unbranched alkanes of at least 4 members (excludes halogenated alkanes) is 1. The summed E-state index contributed by atoms with van der Waals surface area (Å²) >= 11 is 0. The van der Waals surface area contributed by atoms with Crippen molar-refractivity contribution in [3.63, 3.8) is 0 Å². The topological polar surface area (TPSA) is 196 Å². The van der Waals surface area contributed by atoms with Crippen LogP contribution in [0, 0.1) is 35.5 Å². The van der Waals surface area contributed by atoms with E-state index in [0.717, 1.165) is 24.6 Å². The number of primary amides is 1. The number of aromatic nitrogens is 1. The molecule has 2 aliphatic carbocycles. The molecule has 14 nitrogen and oxygen atoms in total. The molecule has 0 bridgehead atoms. The summed E-state index contributed by atoms with van der Waals surface area (Å²) in [6, 6.07) is 5.45. The van der Waals surface area contributed by atoms with Crippen LogP contribution in [0.15, 0.2) is 30.5 Å². The zero-order valence-electron chi connectivity index (χ0n) is 34.3. The molecule has 318 valence electrons. The molecule has 5 rings (SSSR count). The highest BCUT2D eigenvalue weighted by Gasteiger charge is 2.56. The van der Waals surface area contributed by atoms with Crippen LogP contribution in [-0.2, 0) is 29.1 Å². The maximum absolute atomic E-state index is 14.4. The molecule has 3 fully saturated rings. The molecule has 58 heavy (non-hydrogen) atoms. The molecule has 3 aliphatic rings. The SMILES string of the molecule is COc1cnc(O[C@@H]2C[C@@H](C(N)=O)N(C(=O)[C@@H](NC(=O)OC(C)(C)C)[C@H](C)C[C@H](C)CCCC#C[C@@H]3CCCC3C(=O)NS(=O)(=O)C3(CF)CC3)C2)c2ccccc12. The van der Waals surface area contributed by atoms with Gasteiger partial charge < -0.3 is 30.2 Å². The predicted molar refractivity (Wildman–Crippen MR) is 216 cm³/mol. The summed E-state index contributed by atoms with van der Waals surface area (Å²) in [5, 5.41) is 4.29. The lowest BCUT2D eigenvalue weighted by molar-refractivity contribution is -0.140. The molecule has 1 saturated heterocycles. The van der Waals surface area contributed by atoms with Crippen LogP contribution in [0.1, 0.15) is 98.8 Å². The number of nitrogens with zero attached hydrogens (tertiary/aromatic N) is 2. The number of likely N-dealkylation sites (tertiary alicyclic amines) is 1. The first-order valence-electron chi connectivity index (χ1n) is 20.2. The Morgan fingerprint density at radius 3 is 2.47 bits per heavy atom. The fourth-order valence-electron chi connectivity index (χ4n) is 8.02. The minimum atomic E-state index is -4.08. The summed E-state index contributed by atoms with van der Waals surface area (Å²) in [6.45, 7) is 8.14.